The lowest BCUT2D eigenvalue weighted by atomic mass is 10.4. The standard InChI is InChI=1S/C10H15ClN4O/c11-10-7-9(8-13-14-10)12-1-2-15-3-5-16-6-4-15/h7-8H,1-6H2,(H,12,14). The summed E-state index contributed by atoms with van der Waals surface area (Å²) in [6, 6.07) is 1.77. The number of hydrogen-bond donors (Lipinski definition) is 1. The second-order valence-electron chi connectivity index (χ2n) is 3.65. The molecule has 16 heavy (non-hydrogen) atoms. The Kier molecular flexibility index (Phi) is 4.33. The molecule has 1 N–H and O–H groups in total. The van der Waals surface area contributed by atoms with E-state index in [0.717, 1.165) is 45.1 Å². The van der Waals surface area contributed by atoms with Gasteiger partial charge in [0.05, 0.1) is 25.1 Å². The highest BCUT2D eigenvalue weighted by Gasteiger charge is 2.09. The highest BCUT2D eigenvalue weighted by atomic mass is 35.5. The Morgan fingerprint density at radius 2 is 2.25 bits per heavy atom. The van der Waals surface area contributed by atoms with Crippen LogP contribution < -0.4 is 5.32 Å². The Balaban J connectivity index is 1.71. The van der Waals surface area contributed by atoms with Crippen LogP contribution in [0.25, 0.3) is 0 Å². The summed E-state index contributed by atoms with van der Waals surface area (Å²) in [6.45, 7) is 5.57. The zero-order valence-electron chi connectivity index (χ0n) is 9.03. The molecule has 0 bridgehead atoms. The first-order valence-corrected chi connectivity index (χ1v) is 5.74. The molecule has 0 saturated carbocycles. The second-order valence-corrected chi connectivity index (χ2v) is 4.04. The molecule has 2 rings (SSSR count). The number of ether oxygens (including phenoxy) is 1. The fourth-order valence-electron chi connectivity index (χ4n) is 1.62. The van der Waals surface area contributed by atoms with Gasteiger partial charge in [0.1, 0.15) is 0 Å². The summed E-state index contributed by atoms with van der Waals surface area (Å²) in [5, 5.41) is 11.1. The summed E-state index contributed by atoms with van der Waals surface area (Å²) in [5.74, 6) is 0. The molecule has 0 unspecified atom stereocenters. The van der Waals surface area contributed by atoms with Crippen LogP contribution in [0.1, 0.15) is 0 Å². The van der Waals surface area contributed by atoms with Crippen molar-refractivity contribution in [3.8, 4) is 0 Å². The minimum absolute atomic E-state index is 0.413. The van der Waals surface area contributed by atoms with Crippen molar-refractivity contribution in [2.24, 2.45) is 0 Å². The summed E-state index contributed by atoms with van der Waals surface area (Å²) in [6.07, 6.45) is 1.67. The first kappa shape index (κ1) is 11.6. The zero-order chi connectivity index (χ0) is 11.2. The normalized spacial score (nSPS) is 17.3. The van der Waals surface area contributed by atoms with E-state index in [1.807, 2.05) is 0 Å². The van der Waals surface area contributed by atoms with Gasteiger partial charge in [-0.15, -0.1) is 5.10 Å². The third-order valence-electron chi connectivity index (χ3n) is 2.49. The molecule has 0 radical (unpaired) electrons. The van der Waals surface area contributed by atoms with Crippen LogP contribution in [-0.4, -0.2) is 54.5 Å². The van der Waals surface area contributed by atoms with Gasteiger partial charge in [0, 0.05) is 32.2 Å². The molecule has 0 spiro atoms. The second kappa shape index (κ2) is 5.98. The van der Waals surface area contributed by atoms with E-state index < -0.39 is 0 Å². The van der Waals surface area contributed by atoms with Crippen LogP contribution in [0, 0.1) is 0 Å². The lowest BCUT2D eigenvalue weighted by Gasteiger charge is -2.26. The van der Waals surface area contributed by atoms with Gasteiger partial charge < -0.3 is 10.1 Å². The van der Waals surface area contributed by atoms with Crippen LogP contribution in [0.3, 0.4) is 0 Å². The van der Waals surface area contributed by atoms with Gasteiger partial charge in [0.15, 0.2) is 5.15 Å². The van der Waals surface area contributed by atoms with E-state index in [0.29, 0.717) is 5.15 Å². The van der Waals surface area contributed by atoms with Gasteiger partial charge in [0.2, 0.25) is 0 Å². The number of nitrogens with one attached hydrogen (secondary N) is 1. The predicted molar refractivity (Wildman–Crippen MR) is 62.8 cm³/mol. The molecule has 6 heteroatoms. The molecule has 1 saturated heterocycles. The number of morpholine rings is 1. The van der Waals surface area contributed by atoms with E-state index in [-0.39, 0.29) is 0 Å². The summed E-state index contributed by atoms with van der Waals surface area (Å²) >= 11 is 5.73. The Morgan fingerprint density at radius 3 is 3.00 bits per heavy atom. The van der Waals surface area contributed by atoms with E-state index in [9.17, 15) is 0 Å². The zero-order valence-corrected chi connectivity index (χ0v) is 9.78. The van der Waals surface area contributed by atoms with Crippen LogP contribution in [0.5, 0.6) is 0 Å². The van der Waals surface area contributed by atoms with E-state index in [4.69, 9.17) is 16.3 Å². The SMILES string of the molecule is Clc1cc(NCCN2CCOCC2)cnn1. The summed E-state index contributed by atoms with van der Waals surface area (Å²) in [7, 11) is 0. The van der Waals surface area contributed by atoms with Gasteiger partial charge in [-0.05, 0) is 0 Å². The van der Waals surface area contributed by atoms with Crippen molar-refractivity contribution in [1.29, 1.82) is 0 Å². The summed E-state index contributed by atoms with van der Waals surface area (Å²) in [5.41, 5.74) is 0.910. The van der Waals surface area contributed by atoms with Gasteiger partial charge in [-0.25, -0.2) is 0 Å². The summed E-state index contributed by atoms with van der Waals surface area (Å²) < 4.78 is 5.28. The topological polar surface area (TPSA) is 50.3 Å². The lowest BCUT2D eigenvalue weighted by Crippen LogP contribution is -2.39. The molecule has 1 aliphatic heterocycles. The van der Waals surface area contributed by atoms with Crippen molar-refractivity contribution in [3.63, 3.8) is 0 Å². The number of halogens is 1. The van der Waals surface area contributed by atoms with Crippen molar-refractivity contribution >= 4 is 17.3 Å². The number of nitrogens with zero attached hydrogens (tertiary/aromatic N) is 3. The Morgan fingerprint density at radius 1 is 1.44 bits per heavy atom. The molecule has 1 fully saturated rings. The van der Waals surface area contributed by atoms with Crippen molar-refractivity contribution in [2.45, 2.75) is 0 Å². The first-order chi connectivity index (χ1) is 7.84. The largest absolute Gasteiger partial charge is 0.382 e. The fraction of sp³-hybridized carbons (Fsp3) is 0.600. The van der Waals surface area contributed by atoms with Crippen LogP contribution in [-0.2, 0) is 4.74 Å². The number of anilines is 1. The number of hydrogen-bond acceptors (Lipinski definition) is 5. The van der Waals surface area contributed by atoms with Crippen LogP contribution in [0.15, 0.2) is 12.3 Å². The van der Waals surface area contributed by atoms with Crippen molar-refractivity contribution in [3.05, 3.63) is 17.4 Å². The van der Waals surface area contributed by atoms with Crippen LogP contribution >= 0.6 is 11.6 Å². The third-order valence-corrected chi connectivity index (χ3v) is 2.67. The molecule has 0 amide bonds. The smallest absolute Gasteiger partial charge is 0.153 e. The van der Waals surface area contributed by atoms with Gasteiger partial charge in [-0.3, -0.25) is 4.90 Å². The highest BCUT2D eigenvalue weighted by Crippen LogP contribution is 2.09. The number of aromatic nitrogens is 2. The molecule has 0 aromatic carbocycles. The average Bonchev–Trinajstić information content (AvgIpc) is 2.30. The number of rotatable bonds is 4. The predicted octanol–water partition coefficient (Wildman–Crippen LogP) is 0.874. The Bertz CT molecular complexity index is 330. The first-order valence-electron chi connectivity index (χ1n) is 5.37. The fourth-order valence-corrected chi connectivity index (χ4v) is 1.78. The minimum Gasteiger partial charge on any atom is -0.382 e. The molecular weight excluding hydrogens is 228 g/mol. The van der Waals surface area contributed by atoms with Crippen LogP contribution in [0.2, 0.25) is 5.15 Å². The maximum absolute atomic E-state index is 5.73. The quantitative estimate of drug-likeness (QED) is 0.849. The maximum Gasteiger partial charge on any atom is 0.153 e. The molecule has 5 nitrogen and oxygen atoms in total. The van der Waals surface area contributed by atoms with Gasteiger partial charge in [0.25, 0.3) is 0 Å². The Labute approximate surface area is 99.7 Å². The monoisotopic (exact) mass is 242 g/mol. The molecule has 1 aromatic rings. The van der Waals surface area contributed by atoms with Crippen molar-refractivity contribution in [1.82, 2.24) is 15.1 Å². The lowest BCUT2D eigenvalue weighted by molar-refractivity contribution is 0.0398. The average molecular weight is 243 g/mol. The van der Waals surface area contributed by atoms with E-state index in [2.05, 4.69) is 20.4 Å². The molecule has 88 valence electrons. The van der Waals surface area contributed by atoms with Crippen molar-refractivity contribution in [2.75, 3.05) is 44.7 Å². The molecule has 0 aliphatic carbocycles. The maximum atomic E-state index is 5.73. The van der Waals surface area contributed by atoms with Gasteiger partial charge >= 0.3 is 0 Å². The van der Waals surface area contributed by atoms with Crippen molar-refractivity contribution < 1.29 is 4.74 Å². The molecule has 1 aliphatic rings. The van der Waals surface area contributed by atoms with E-state index in [1.165, 1.54) is 0 Å². The van der Waals surface area contributed by atoms with E-state index >= 15 is 0 Å². The van der Waals surface area contributed by atoms with E-state index in [1.54, 1.807) is 12.3 Å². The molecular formula is C10H15ClN4O. The molecule has 2 heterocycles. The van der Waals surface area contributed by atoms with Gasteiger partial charge in [-0.2, -0.15) is 5.10 Å². The highest BCUT2D eigenvalue weighted by molar-refractivity contribution is 6.29. The summed E-state index contributed by atoms with van der Waals surface area (Å²) in [4.78, 5) is 2.37. The molecule has 0 atom stereocenters. The molecule has 1 aromatic heterocycles. The van der Waals surface area contributed by atoms with Crippen LogP contribution in [0.4, 0.5) is 5.69 Å². The third kappa shape index (κ3) is 3.59. The minimum atomic E-state index is 0.413. The Hall–Kier alpha value is -0.910. The van der Waals surface area contributed by atoms with Gasteiger partial charge in [-0.1, -0.05) is 11.6 Å².